The summed E-state index contributed by atoms with van der Waals surface area (Å²) in [6, 6.07) is 26.1. The molecule has 31 heavy (non-hydrogen) atoms. The van der Waals surface area contributed by atoms with Gasteiger partial charge in [-0.1, -0.05) is 81.3 Å². The van der Waals surface area contributed by atoms with Crippen molar-refractivity contribution in [1.29, 1.82) is 10.5 Å². The maximum atomic E-state index is 8.82. The fourth-order valence-electron chi connectivity index (χ4n) is 4.30. The highest BCUT2D eigenvalue weighted by Gasteiger charge is 2.38. The molecule has 3 aromatic rings. The molecule has 4 nitrogen and oxygen atoms in total. The minimum absolute atomic E-state index is 0.235. The Morgan fingerprint density at radius 1 is 0.774 bits per heavy atom. The summed E-state index contributed by atoms with van der Waals surface area (Å²) in [7, 11) is 0. The van der Waals surface area contributed by atoms with Crippen molar-refractivity contribution in [2.45, 2.75) is 44.4 Å². The standard InChI is InChI=1S/C27H26N2O2/c1-3-4-10-26(21-8-6-5-7-9-21)27(2,22-11-15-24(16-12-22)30-19-28)23-13-17-25(18-14-23)31-20-29/h5-9,11-18,26H,3-4,10H2,1-2H3. The van der Waals surface area contributed by atoms with Crippen LogP contribution in [0.5, 0.6) is 11.5 Å². The van der Waals surface area contributed by atoms with Gasteiger partial charge in [-0.2, -0.15) is 0 Å². The molecule has 1 unspecified atom stereocenters. The Morgan fingerprint density at radius 3 is 1.68 bits per heavy atom. The first-order chi connectivity index (χ1) is 15.1. The molecule has 3 aromatic carbocycles. The van der Waals surface area contributed by atoms with Crippen LogP contribution in [0, 0.1) is 23.0 Å². The summed E-state index contributed by atoms with van der Waals surface area (Å²) in [5.41, 5.74) is 3.22. The van der Waals surface area contributed by atoms with Crippen LogP contribution < -0.4 is 9.47 Å². The molecule has 0 radical (unpaired) electrons. The van der Waals surface area contributed by atoms with E-state index >= 15 is 0 Å². The van der Waals surface area contributed by atoms with Crippen LogP contribution in [0.15, 0.2) is 78.9 Å². The normalized spacial score (nSPS) is 11.7. The van der Waals surface area contributed by atoms with Gasteiger partial charge in [-0.25, -0.2) is 0 Å². The second-order valence-corrected chi connectivity index (χ2v) is 7.74. The average Bonchev–Trinajstić information content (AvgIpc) is 2.81. The molecule has 0 fully saturated rings. The molecule has 0 heterocycles. The third-order valence-electron chi connectivity index (χ3n) is 5.98. The van der Waals surface area contributed by atoms with Gasteiger partial charge in [0.1, 0.15) is 11.5 Å². The largest absolute Gasteiger partial charge is 0.388 e. The van der Waals surface area contributed by atoms with Crippen LogP contribution in [-0.4, -0.2) is 0 Å². The van der Waals surface area contributed by atoms with E-state index in [4.69, 9.17) is 20.0 Å². The molecule has 1 atom stereocenters. The van der Waals surface area contributed by atoms with E-state index in [1.165, 1.54) is 5.56 Å². The number of unbranched alkanes of at least 4 members (excludes halogenated alkanes) is 1. The molecule has 0 saturated heterocycles. The maximum absolute atomic E-state index is 8.82. The van der Waals surface area contributed by atoms with Crippen molar-refractivity contribution in [3.8, 4) is 24.0 Å². The van der Waals surface area contributed by atoms with E-state index < -0.39 is 0 Å². The van der Waals surface area contributed by atoms with Gasteiger partial charge < -0.3 is 9.47 Å². The summed E-state index contributed by atoms with van der Waals surface area (Å²) in [5, 5.41) is 17.6. The molecule has 0 N–H and O–H groups in total. The Hall–Kier alpha value is -3.76. The quantitative estimate of drug-likeness (QED) is 0.369. The van der Waals surface area contributed by atoms with Gasteiger partial charge in [-0.05, 0) is 53.3 Å². The predicted molar refractivity (Wildman–Crippen MR) is 121 cm³/mol. The lowest BCUT2D eigenvalue weighted by Gasteiger charge is -2.40. The monoisotopic (exact) mass is 410 g/mol. The first-order valence-electron chi connectivity index (χ1n) is 10.5. The highest BCUT2D eigenvalue weighted by Crippen LogP contribution is 2.47. The van der Waals surface area contributed by atoms with Crippen LogP contribution in [0.4, 0.5) is 0 Å². The highest BCUT2D eigenvalue weighted by atomic mass is 16.5. The van der Waals surface area contributed by atoms with Gasteiger partial charge in [-0.3, -0.25) is 0 Å². The third-order valence-corrected chi connectivity index (χ3v) is 5.98. The van der Waals surface area contributed by atoms with Crippen molar-refractivity contribution in [2.75, 3.05) is 0 Å². The zero-order chi connectivity index (χ0) is 22.1. The van der Waals surface area contributed by atoms with E-state index in [1.54, 1.807) is 12.5 Å². The van der Waals surface area contributed by atoms with Crippen LogP contribution in [-0.2, 0) is 5.41 Å². The van der Waals surface area contributed by atoms with Crippen LogP contribution in [0.2, 0.25) is 0 Å². The smallest absolute Gasteiger partial charge is 0.292 e. The molecule has 3 rings (SSSR count). The molecule has 4 heteroatoms. The molecule has 0 aliphatic heterocycles. The van der Waals surface area contributed by atoms with E-state index in [0.717, 1.165) is 30.4 Å². The van der Waals surface area contributed by atoms with Gasteiger partial charge in [0.2, 0.25) is 0 Å². The third kappa shape index (κ3) is 4.87. The minimum Gasteiger partial charge on any atom is -0.388 e. The maximum Gasteiger partial charge on any atom is 0.292 e. The van der Waals surface area contributed by atoms with Crippen LogP contribution in [0.3, 0.4) is 0 Å². The number of hydrogen-bond donors (Lipinski definition) is 0. The molecule has 156 valence electrons. The van der Waals surface area contributed by atoms with Crippen molar-refractivity contribution < 1.29 is 9.47 Å². The SMILES string of the molecule is CCCCC(c1ccccc1)C(C)(c1ccc(OC#N)cc1)c1ccc(OC#N)cc1. The summed E-state index contributed by atoms with van der Waals surface area (Å²) in [6.07, 6.45) is 6.71. The molecular weight excluding hydrogens is 384 g/mol. The first-order valence-corrected chi connectivity index (χ1v) is 10.5. The zero-order valence-corrected chi connectivity index (χ0v) is 17.9. The van der Waals surface area contributed by atoms with E-state index in [2.05, 4.69) is 38.1 Å². The Bertz CT molecular complexity index is 986. The second kappa shape index (κ2) is 10.3. The van der Waals surface area contributed by atoms with Crippen LogP contribution in [0.25, 0.3) is 0 Å². The van der Waals surface area contributed by atoms with Gasteiger partial charge in [0.05, 0.1) is 0 Å². The van der Waals surface area contributed by atoms with Crippen LogP contribution >= 0.6 is 0 Å². The lowest BCUT2D eigenvalue weighted by molar-refractivity contribution is 0.408. The number of nitrogens with zero attached hydrogens (tertiary/aromatic N) is 2. The van der Waals surface area contributed by atoms with E-state index in [1.807, 2.05) is 54.6 Å². The lowest BCUT2D eigenvalue weighted by Crippen LogP contribution is -2.32. The number of benzene rings is 3. The molecule has 0 aliphatic rings. The highest BCUT2D eigenvalue weighted by molar-refractivity contribution is 5.47. The predicted octanol–water partition coefficient (Wildman–Crippen LogP) is 6.69. The van der Waals surface area contributed by atoms with E-state index in [-0.39, 0.29) is 11.3 Å². The molecule has 0 amide bonds. The van der Waals surface area contributed by atoms with E-state index in [9.17, 15) is 0 Å². The number of nitriles is 2. The summed E-state index contributed by atoms with van der Waals surface area (Å²) in [4.78, 5) is 0. The minimum atomic E-state index is -0.340. The second-order valence-electron chi connectivity index (χ2n) is 7.74. The van der Waals surface area contributed by atoms with Gasteiger partial charge >= 0.3 is 0 Å². The van der Waals surface area contributed by atoms with Gasteiger partial charge in [-0.15, -0.1) is 10.5 Å². The number of ether oxygens (including phenoxy) is 2. The molecule has 0 aromatic heterocycles. The molecule has 0 saturated carbocycles. The summed E-state index contributed by atoms with van der Waals surface area (Å²) < 4.78 is 9.98. The van der Waals surface area contributed by atoms with Crippen molar-refractivity contribution in [3.05, 3.63) is 95.6 Å². The Kier molecular flexibility index (Phi) is 7.31. The van der Waals surface area contributed by atoms with Gasteiger partial charge in [0.15, 0.2) is 0 Å². The average molecular weight is 411 g/mol. The molecule has 0 spiro atoms. The van der Waals surface area contributed by atoms with Gasteiger partial charge in [0.25, 0.3) is 12.5 Å². The van der Waals surface area contributed by atoms with E-state index in [0.29, 0.717) is 11.5 Å². The van der Waals surface area contributed by atoms with Crippen molar-refractivity contribution in [1.82, 2.24) is 0 Å². The summed E-state index contributed by atoms with van der Waals surface area (Å²) in [5.74, 6) is 1.28. The number of rotatable bonds is 9. The molecule has 0 aliphatic carbocycles. The van der Waals surface area contributed by atoms with Gasteiger partial charge in [0, 0.05) is 5.41 Å². The van der Waals surface area contributed by atoms with Crippen molar-refractivity contribution >= 4 is 0 Å². The Morgan fingerprint density at radius 2 is 1.26 bits per heavy atom. The van der Waals surface area contributed by atoms with Crippen molar-refractivity contribution in [2.24, 2.45) is 0 Å². The molecule has 0 bridgehead atoms. The Labute approximate surface area is 184 Å². The molecular formula is C27H26N2O2. The van der Waals surface area contributed by atoms with Crippen LogP contribution in [0.1, 0.15) is 55.7 Å². The lowest BCUT2D eigenvalue weighted by atomic mass is 9.63. The summed E-state index contributed by atoms with van der Waals surface area (Å²) >= 11 is 0. The first kappa shape index (κ1) is 21.9. The van der Waals surface area contributed by atoms with Crippen molar-refractivity contribution in [3.63, 3.8) is 0 Å². The topological polar surface area (TPSA) is 66.0 Å². The summed E-state index contributed by atoms with van der Waals surface area (Å²) in [6.45, 7) is 4.47. The fraction of sp³-hybridized carbons (Fsp3) is 0.259. The fourth-order valence-corrected chi connectivity index (χ4v) is 4.30. The Balaban J connectivity index is 2.16. The zero-order valence-electron chi connectivity index (χ0n) is 17.9. The number of hydrogen-bond acceptors (Lipinski definition) is 4.